The van der Waals surface area contributed by atoms with Crippen molar-refractivity contribution in [2.24, 2.45) is 0 Å². The summed E-state index contributed by atoms with van der Waals surface area (Å²) in [5.41, 5.74) is 1.92. The molecule has 3 rings (SSSR count). The number of carbonyl (C=O) groups excluding carboxylic acids is 2. The summed E-state index contributed by atoms with van der Waals surface area (Å²) in [4.78, 5) is 27.6. The van der Waals surface area contributed by atoms with Crippen molar-refractivity contribution in [3.63, 3.8) is 0 Å². The third-order valence-corrected chi connectivity index (χ3v) is 4.09. The van der Waals surface area contributed by atoms with Crippen LogP contribution < -0.4 is 5.32 Å². The summed E-state index contributed by atoms with van der Waals surface area (Å²) in [7, 11) is 1.32. The molecule has 0 saturated carbocycles. The van der Waals surface area contributed by atoms with E-state index in [4.69, 9.17) is 4.52 Å². The molecule has 3 aromatic rings. The first kappa shape index (κ1) is 16.8. The van der Waals surface area contributed by atoms with E-state index in [0.717, 1.165) is 5.56 Å². The van der Waals surface area contributed by atoms with Crippen LogP contribution in [0.4, 0.5) is 5.69 Å². The van der Waals surface area contributed by atoms with E-state index in [1.807, 2.05) is 16.8 Å². The van der Waals surface area contributed by atoms with Crippen LogP contribution in [0, 0.1) is 0 Å². The van der Waals surface area contributed by atoms with Gasteiger partial charge in [0.2, 0.25) is 17.6 Å². The maximum absolute atomic E-state index is 12.0. The van der Waals surface area contributed by atoms with Crippen molar-refractivity contribution in [1.29, 1.82) is 0 Å². The number of benzene rings is 1. The predicted molar refractivity (Wildman–Crippen MR) is 92.3 cm³/mol. The highest BCUT2D eigenvalue weighted by Crippen LogP contribution is 2.19. The van der Waals surface area contributed by atoms with Crippen LogP contribution in [-0.4, -0.2) is 29.1 Å². The Kier molecular flexibility index (Phi) is 5.20. The zero-order valence-electron chi connectivity index (χ0n) is 13.4. The zero-order valence-corrected chi connectivity index (χ0v) is 14.2. The van der Waals surface area contributed by atoms with Crippen molar-refractivity contribution < 1.29 is 18.8 Å². The van der Waals surface area contributed by atoms with Gasteiger partial charge >= 0.3 is 5.97 Å². The lowest BCUT2D eigenvalue weighted by atomic mass is 10.2. The molecule has 25 heavy (non-hydrogen) atoms. The number of amides is 1. The summed E-state index contributed by atoms with van der Waals surface area (Å²) in [6.07, 6.45) is 0.563. The molecule has 0 unspecified atom stereocenters. The highest BCUT2D eigenvalue weighted by molar-refractivity contribution is 7.08. The summed E-state index contributed by atoms with van der Waals surface area (Å²) in [6.45, 7) is 0. The lowest BCUT2D eigenvalue weighted by Gasteiger charge is -2.05. The van der Waals surface area contributed by atoms with Crippen LogP contribution in [0.1, 0.15) is 22.7 Å². The Balaban J connectivity index is 1.52. The zero-order chi connectivity index (χ0) is 17.6. The number of methoxy groups -OCH3 is 1. The largest absolute Gasteiger partial charge is 0.465 e. The van der Waals surface area contributed by atoms with Crippen molar-refractivity contribution in [2.75, 3.05) is 12.4 Å². The summed E-state index contributed by atoms with van der Waals surface area (Å²) in [5.74, 6) is 0.337. The standard InChI is InChI=1S/C17H15N3O4S/c1-23-17(22)11-2-4-13(5-3-11)18-14(21)6-7-15-19-16(20-24-15)12-8-9-25-10-12/h2-5,8-10H,6-7H2,1H3,(H,18,21). The van der Waals surface area contributed by atoms with E-state index < -0.39 is 5.97 Å². The second kappa shape index (κ2) is 7.71. The molecule has 1 amide bonds. The number of esters is 1. The fraction of sp³-hybridized carbons (Fsp3) is 0.176. The molecule has 0 aliphatic rings. The van der Waals surface area contributed by atoms with Crippen molar-refractivity contribution >= 4 is 28.9 Å². The quantitative estimate of drug-likeness (QED) is 0.681. The fourth-order valence-electron chi connectivity index (χ4n) is 2.12. The summed E-state index contributed by atoms with van der Waals surface area (Å²) < 4.78 is 9.78. The van der Waals surface area contributed by atoms with Crippen LogP contribution in [-0.2, 0) is 16.0 Å². The first-order valence-corrected chi connectivity index (χ1v) is 8.43. The number of nitrogens with zero attached hydrogens (tertiary/aromatic N) is 2. The molecular formula is C17H15N3O4S. The number of hydrogen-bond donors (Lipinski definition) is 1. The van der Waals surface area contributed by atoms with E-state index >= 15 is 0 Å². The number of anilines is 1. The van der Waals surface area contributed by atoms with Gasteiger partial charge in [-0.05, 0) is 35.7 Å². The minimum Gasteiger partial charge on any atom is -0.465 e. The Labute approximate surface area is 147 Å². The molecule has 2 heterocycles. The van der Waals surface area contributed by atoms with Gasteiger partial charge in [-0.2, -0.15) is 16.3 Å². The molecule has 128 valence electrons. The van der Waals surface area contributed by atoms with E-state index in [-0.39, 0.29) is 12.3 Å². The van der Waals surface area contributed by atoms with Gasteiger partial charge < -0.3 is 14.6 Å². The number of thiophene rings is 1. The number of carbonyl (C=O) groups is 2. The lowest BCUT2D eigenvalue weighted by Crippen LogP contribution is -2.12. The molecule has 0 bridgehead atoms. The van der Waals surface area contributed by atoms with E-state index in [0.29, 0.717) is 29.4 Å². The topological polar surface area (TPSA) is 94.3 Å². The number of nitrogens with one attached hydrogen (secondary N) is 1. The molecule has 1 aromatic carbocycles. The molecular weight excluding hydrogens is 342 g/mol. The van der Waals surface area contributed by atoms with Crippen molar-refractivity contribution in [3.8, 4) is 11.4 Å². The third-order valence-electron chi connectivity index (χ3n) is 3.40. The molecule has 8 heteroatoms. The van der Waals surface area contributed by atoms with Crippen molar-refractivity contribution in [3.05, 3.63) is 52.5 Å². The Hall–Kier alpha value is -3.00. The Morgan fingerprint density at radius 2 is 2.04 bits per heavy atom. The second-order valence-corrected chi connectivity index (χ2v) is 5.92. The normalized spacial score (nSPS) is 10.4. The highest BCUT2D eigenvalue weighted by atomic mass is 32.1. The average Bonchev–Trinajstić information content (AvgIpc) is 3.31. The Morgan fingerprint density at radius 1 is 1.24 bits per heavy atom. The summed E-state index contributed by atoms with van der Waals surface area (Å²) in [6, 6.07) is 8.38. The van der Waals surface area contributed by atoms with Crippen molar-refractivity contribution in [2.45, 2.75) is 12.8 Å². The summed E-state index contributed by atoms with van der Waals surface area (Å²) >= 11 is 1.55. The molecule has 0 radical (unpaired) electrons. The highest BCUT2D eigenvalue weighted by Gasteiger charge is 2.11. The Morgan fingerprint density at radius 3 is 2.72 bits per heavy atom. The number of ether oxygens (including phenoxy) is 1. The van der Waals surface area contributed by atoms with E-state index in [2.05, 4.69) is 20.2 Å². The molecule has 0 saturated heterocycles. The van der Waals surface area contributed by atoms with Crippen LogP contribution in [0.15, 0.2) is 45.6 Å². The van der Waals surface area contributed by atoms with Gasteiger partial charge in [-0.25, -0.2) is 4.79 Å². The van der Waals surface area contributed by atoms with Crippen LogP contribution in [0.3, 0.4) is 0 Å². The first-order chi connectivity index (χ1) is 12.2. The minimum absolute atomic E-state index is 0.180. The molecule has 0 fully saturated rings. The average molecular weight is 357 g/mol. The fourth-order valence-corrected chi connectivity index (χ4v) is 2.75. The minimum atomic E-state index is -0.421. The number of rotatable bonds is 6. The van der Waals surface area contributed by atoms with Gasteiger partial charge in [-0.3, -0.25) is 4.79 Å². The molecule has 7 nitrogen and oxygen atoms in total. The van der Waals surface area contributed by atoms with Crippen LogP contribution in [0.5, 0.6) is 0 Å². The van der Waals surface area contributed by atoms with Crippen LogP contribution in [0.2, 0.25) is 0 Å². The first-order valence-electron chi connectivity index (χ1n) is 7.49. The van der Waals surface area contributed by atoms with Gasteiger partial charge in [-0.1, -0.05) is 5.16 Å². The molecule has 2 aromatic heterocycles. The lowest BCUT2D eigenvalue weighted by molar-refractivity contribution is -0.116. The smallest absolute Gasteiger partial charge is 0.337 e. The number of hydrogen-bond acceptors (Lipinski definition) is 7. The maximum atomic E-state index is 12.0. The van der Waals surface area contributed by atoms with Gasteiger partial charge in [0.25, 0.3) is 0 Å². The second-order valence-electron chi connectivity index (χ2n) is 5.14. The maximum Gasteiger partial charge on any atom is 0.337 e. The third kappa shape index (κ3) is 4.30. The van der Waals surface area contributed by atoms with E-state index in [1.54, 1.807) is 35.6 Å². The van der Waals surface area contributed by atoms with Crippen LogP contribution >= 0.6 is 11.3 Å². The van der Waals surface area contributed by atoms with E-state index in [1.165, 1.54) is 7.11 Å². The predicted octanol–water partition coefficient (Wildman–Crippen LogP) is 3.16. The van der Waals surface area contributed by atoms with Crippen molar-refractivity contribution in [1.82, 2.24) is 10.1 Å². The van der Waals surface area contributed by atoms with Crippen LogP contribution in [0.25, 0.3) is 11.4 Å². The monoisotopic (exact) mass is 357 g/mol. The van der Waals surface area contributed by atoms with Gasteiger partial charge in [0.05, 0.1) is 12.7 Å². The molecule has 0 spiro atoms. The Bertz CT molecular complexity index is 856. The molecule has 0 aliphatic heterocycles. The molecule has 1 N–H and O–H groups in total. The van der Waals surface area contributed by atoms with Gasteiger partial charge in [-0.15, -0.1) is 0 Å². The molecule has 0 aliphatic carbocycles. The number of aromatic nitrogens is 2. The number of aryl methyl sites for hydroxylation is 1. The van der Waals surface area contributed by atoms with Gasteiger partial charge in [0.15, 0.2) is 0 Å². The van der Waals surface area contributed by atoms with E-state index in [9.17, 15) is 9.59 Å². The van der Waals surface area contributed by atoms with Gasteiger partial charge in [0.1, 0.15) is 0 Å². The SMILES string of the molecule is COC(=O)c1ccc(NC(=O)CCc2nc(-c3ccsc3)no2)cc1. The van der Waals surface area contributed by atoms with Gasteiger partial charge in [0, 0.05) is 29.5 Å². The summed E-state index contributed by atoms with van der Waals surface area (Å²) in [5, 5.41) is 10.5. The molecule has 0 atom stereocenters.